The fourth-order valence-electron chi connectivity index (χ4n) is 2.27. The predicted molar refractivity (Wildman–Crippen MR) is 89.6 cm³/mol. The average Bonchev–Trinajstić information content (AvgIpc) is 2.90. The zero-order valence-electron chi connectivity index (χ0n) is 13.2. The molecule has 2 rings (SSSR count). The van der Waals surface area contributed by atoms with Crippen LogP contribution >= 0.6 is 15.9 Å². The van der Waals surface area contributed by atoms with Gasteiger partial charge in [0.2, 0.25) is 0 Å². The minimum absolute atomic E-state index is 0.0582. The molecule has 0 radical (unpaired) electrons. The van der Waals surface area contributed by atoms with E-state index >= 15 is 0 Å². The number of hydrogen-bond donors (Lipinski definition) is 2. The number of benzene rings is 1. The number of aromatic nitrogens is 2. The van der Waals surface area contributed by atoms with Crippen molar-refractivity contribution in [3.63, 3.8) is 0 Å². The first-order chi connectivity index (χ1) is 11.3. The van der Waals surface area contributed by atoms with Gasteiger partial charge < -0.3 is 10.4 Å². The van der Waals surface area contributed by atoms with Gasteiger partial charge in [-0.3, -0.25) is 4.79 Å². The number of halogens is 2. The third kappa shape index (κ3) is 3.81. The maximum absolute atomic E-state index is 13.0. The molecule has 2 aromatic rings. The third-order valence-electron chi connectivity index (χ3n) is 3.59. The Hall–Kier alpha value is -2.22. The quantitative estimate of drug-likeness (QED) is 0.783. The van der Waals surface area contributed by atoms with E-state index < -0.39 is 17.4 Å². The van der Waals surface area contributed by atoms with Gasteiger partial charge in [0.05, 0.1) is 10.2 Å². The number of carbonyl (C=O) groups is 2. The van der Waals surface area contributed by atoms with Crippen molar-refractivity contribution in [1.82, 2.24) is 15.1 Å². The predicted octanol–water partition coefficient (Wildman–Crippen LogP) is 3.15. The molecular formula is C16H17BrFN3O3. The molecule has 128 valence electrons. The van der Waals surface area contributed by atoms with Crippen molar-refractivity contribution in [2.45, 2.75) is 32.2 Å². The number of nitrogens with zero attached hydrogens (tertiary/aromatic N) is 2. The first-order valence-electron chi connectivity index (χ1n) is 7.34. The molecule has 24 heavy (non-hydrogen) atoms. The molecule has 2 N–H and O–H groups in total. The van der Waals surface area contributed by atoms with E-state index in [1.165, 1.54) is 35.9 Å². The van der Waals surface area contributed by atoms with Crippen LogP contribution in [0, 0.1) is 5.82 Å². The fourth-order valence-corrected chi connectivity index (χ4v) is 2.72. The molecule has 1 aromatic carbocycles. The summed E-state index contributed by atoms with van der Waals surface area (Å²) in [5, 5.41) is 16.0. The van der Waals surface area contributed by atoms with E-state index in [-0.39, 0.29) is 11.5 Å². The lowest BCUT2D eigenvalue weighted by molar-refractivity contribution is -0.144. The minimum atomic E-state index is -1.37. The number of carboxylic acids is 1. The van der Waals surface area contributed by atoms with Gasteiger partial charge in [-0.2, -0.15) is 5.10 Å². The molecule has 0 aliphatic heterocycles. The molecule has 0 fully saturated rings. The lowest BCUT2D eigenvalue weighted by atomic mass is 9.96. The monoisotopic (exact) mass is 397 g/mol. The molecular weight excluding hydrogens is 381 g/mol. The number of nitrogens with one attached hydrogen (secondary N) is 1. The summed E-state index contributed by atoms with van der Waals surface area (Å²) in [5.41, 5.74) is -0.737. The van der Waals surface area contributed by atoms with Gasteiger partial charge in [-0.05, 0) is 53.5 Å². The van der Waals surface area contributed by atoms with Crippen LogP contribution in [-0.4, -0.2) is 32.3 Å². The Bertz CT molecular complexity index is 760. The van der Waals surface area contributed by atoms with Gasteiger partial charge in [-0.1, -0.05) is 13.3 Å². The van der Waals surface area contributed by atoms with Gasteiger partial charge in [-0.15, -0.1) is 0 Å². The van der Waals surface area contributed by atoms with Crippen molar-refractivity contribution in [1.29, 1.82) is 0 Å². The summed E-state index contributed by atoms with van der Waals surface area (Å²) < 4.78 is 14.8. The van der Waals surface area contributed by atoms with Gasteiger partial charge in [0.25, 0.3) is 5.91 Å². The number of amides is 1. The van der Waals surface area contributed by atoms with Crippen molar-refractivity contribution >= 4 is 27.8 Å². The summed E-state index contributed by atoms with van der Waals surface area (Å²) in [4.78, 5) is 23.9. The molecule has 1 atom stereocenters. The zero-order chi connectivity index (χ0) is 17.9. The molecule has 0 aliphatic carbocycles. The molecule has 0 saturated heterocycles. The lowest BCUT2D eigenvalue weighted by Gasteiger charge is -2.25. The molecule has 0 bridgehead atoms. The summed E-state index contributed by atoms with van der Waals surface area (Å²) in [6.07, 6.45) is 2.46. The lowest BCUT2D eigenvalue weighted by Crippen LogP contribution is -2.52. The van der Waals surface area contributed by atoms with Crippen LogP contribution in [0.5, 0.6) is 0 Å². The van der Waals surface area contributed by atoms with Gasteiger partial charge in [0.15, 0.2) is 5.69 Å². The van der Waals surface area contributed by atoms with Crippen LogP contribution in [0.4, 0.5) is 4.39 Å². The van der Waals surface area contributed by atoms with Crippen LogP contribution in [0.15, 0.2) is 34.9 Å². The highest BCUT2D eigenvalue weighted by Gasteiger charge is 2.35. The molecule has 6 nitrogen and oxygen atoms in total. The van der Waals surface area contributed by atoms with Crippen LogP contribution in [0.25, 0.3) is 5.69 Å². The second kappa shape index (κ2) is 7.12. The number of aliphatic carboxylic acids is 1. The van der Waals surface area contributed by atoms with Gasteiger partial charge in [-0.25, -0.2) is 13.9 Å². The molecule has 1 aromatic heterocycles. The maximum atomic E-state index is 13.0. The van der Waals surface area contributed by atoms with E-state index in [4.69, 9.17) is 0 Å². The Balaban J connectivity index is 2.27. The second-order valence-electron chi connectivity index (χ2n) is 5.59. The van der Waals surface area contributed by atoms with Crippen LogP contribution in [0.3, 0.4) is 0 Å². The van der Waals surface area contributed by atoms with Crippen LogP contribution in [0.2, 0.25) is 0 Å². The van der Waals surface area contributed by atoms with E-state index in [1.54, 1.807) is 6.20 Å². The third-order valence-corrected chi connectivity index (χ3v) is 4.17. The van der Waals surface area contributed by atoms with Crippen molar-refractivity contribution in [2.24, 2.45) is 0 Å². The molecule has 0 spiro atoms. The highest BCUT2D eigenvalue weighted by molar-refractivity contribution is 9.10. The summed E-state index contributed by atoms with van der Waals surface area (Å²) in [7, 11) is 0. The smallest absolute Gasteiger partial charge is 0.329 e. The Kier molecular flexibility index (Phi) is 5.38. The topological polar surface area (TPSA) is 84.2 Å². The minimum Gasteiger partial charge on any atom is -0.480 e. The van der Waals surface area contributed by atoms with Crippen molar-refractivity contribution < 1.29 is 19.1 Å². The molecule has 1 unspecified atom stereocenters. The molecule has 8 heteroatoms. The number of hydrogen-bond acceptors (Lipinski definition) is 3. The molecule has 0 saturated carbocycles. The molecule has 1 heterocycles. The summed E-state index contributed by atoms with van der Waals surface area (Å²) in [6, 6.07) is 5.62. The summed E-state index contributed by atoms with van der Waals surface area (Å²) in [5.74, 6) is -2.08. The standard InChI is InChI=1S/C16H17BrFN3O3/c1-3-8-16(2,15(23)24)19-14(22)13-12(17)9-21(20-13)11-6-4-10(18)5-7-11/h4-7,9H,3,8H2,1-2H3,(H,19,22)(H,23,24). The number of rotatable bonds is 6. The van der Waals surface area contributed by atoms with Crippen molar-refractivity contribution in [3.8, 4) is 5.69 Å². The van der Waals surface area contributed by atoms with E-state index in [1.807, 2.05) is 6.92 Å². The molecule has 1 amide bonds. The fraction of sp³-hybridized carbons (Fsp3) is 0.312. The number of carboxylic acid groups (broad SMARTS) is 1. The zero-order valence-corrected chi connectivity index (χ0v) is 14.8. The van der Waals surface area contributed by atoms with E-state index in [0.29, 0.717) is 23.0 Å². The second-order valence-corrected chi connectivity index (χ2v) is 6.44. The van der Waals surface area contributed by atoms with Gasteiger partial charge >= 0.3 is 5.97 Å². The highest BCUT2D eigenvalue weighted by Crippen LogP contribution is 2.20. The van der Waals surface area contributed by atoms with E-state index in [2.05, 4.69) is 26.3 Å². The molecule has 0 aliphatic rings. The average molecular weight is 398 g/mol. The van der Waals surface area contributed by atoms with Crippen LogP contribution in [-0.2, 0) is 4.79 Å². The normalized spacial score (nSPS) is 13.3. The first kappa shape index (κ1) is 18.1. The maximum Gasteiger partial charge on any atom is 0.329 e. The Labute approximate surface area is 146 Å². The van der Waals surface area contributed by atoms with E-state index in [9.17, 15) is 19.1 Å². The summed E-state index contributed by atoms with van der Waals surface area (Å²) >= 11 is 3.25. The van der Waals surface area contributed by atoms with Gasteiger partial charge in [0, 0.05) is 6.20 Å². The number of carbonyl (C=O) groups excluding carboxylic acids is 1. The first-order valence-corrected chi connectivity index (χ1v) is 8.13. The van der Waals surface area contributed by atoms with Gasteiger partial charge in [0.1, 0.15) is 11.4 Å². The van der Waals surface area contributed by atoms with Crippen molar-refractivity contribution in [3.05, 3.63) is 46.4 Å². The van der Waals surface area contributed by atoms with Crippen LogP contribution < -0.4 is 5.32 Å². The largest absolute Gasteiger partial charge is 0.480 e. The van der Waals surface area contributed by atoms with E-state index in [0.717, 1.165) is 0 Å². The highest BCUT2D eigenvalue weighted by atomic mass is 79.9. The summed E-state index contributed by atoms with van der Waals surface area (Å²) in [6.45, 7) is 3.30. The van der Waals surface area contributed by atoms with Crippen molar-refractivity contribution in [2.75, 3.05) is 0 Å². The Morgan fingerprint density at radius 2 is 2.00 bits per heavy atom. The Morgan fingerprint density at radius 3 is 2.54 bits per heavy atom. The van der Waals surface area contributed by atoms with Crippen LogP contribution in [0.1, 0.15) is 37.2 Å². The SMILES string of the molecule is CCCC(C)(NC(=O)c1nn(-c2ccc(F)cc2)cc1Br)C(=O)O. The Morgan fingerprint density at radius 1 is 1.38 bits per heavy atom.